The Morgan fingerprint density at radius 1 is 1.42 bits per heavy atom. The van der Waals surface area contributed by atoms with E-state index in [1.807, 2.05) is 0 Å². The summed E-state index contributed by atoms with van der Waals surface area (Å²) in [6, 6.07) is 0. The molecular weight excluding hydrogens is 283 g/mol. The van der Waals surface area contributed by atoms with Crippen molar-refractivity contribution in [1.29, 1.82) is 0 Å². The number of halogens is 4. The van der Waals surface area contributed by atoms with Gasteiger partial charge in [-0.25, -0.2) is 0 Å². The lowest BCUT2D eigenvalue weighted by atomic mass is 9.91. The van der Waals surface area contributed by atoms with Crippen LogP contribution in [0.25, 0.3) is 0 Å². The molecule has 1 heterocycles. The summed E-state index contributed by atoms with van der Waals surface area (Å²) in [5.74, 6) is -0.601. The molecule has 3 nitrogen and oxygen atoms in total. The van der Waals surface area contributed by atoms with Gasteiger partial charge < -0.3 is 10.1 Å². The molecule has 2 atom stereocenters. The van der Waals surface area contributed by atoms with Gasteiger partial charge in [-0.2, -0.15) is 13.2 Å². The topological polar surface area (TPSA) is 38.3 Å². The first kappa shape index (κ1) is 14.1. The molecule has 2 rings (SSSR count). The average molecular weight is 294 g/mol. The first-order chi connectivity index (χ1) is 8.85. The van der Waals surface area contributed by atoms with E-state index in [0.717, 1.165) is 0 Å². The quantitative estimate of drug-likeness (QED) is 0.869. The van der Waals surface area contributed by atoms with Gasteiger partial charge in [-0.1, -0.05) is 17.7 Å². The van der Waals surface area contributed by atoms with Crippen LogP contribution in [0.3, 0.4) is 0 Å². The van der Waals surface area contributed by atoms with Crippen molar-refractivity contribution in [3.05, 3.63) is 35.0 Å². The largest absolute Gasteiger partial charge is 0.391 e. The maximum Gasteiger partial charge on any atom is 0.391 e. The molecular formula is C12H11ClF3NO2. The van der Waals surface area contributed by atoms with Crippen LogP contribution in [-0.2, 0) is 9.53 Å². The van der Waals surface area contributed by atoms with Gasteiger partial charge in [0.15, 0.2) is 0 Å². The summed E-state index contributed by atoms with van der Waals surface area (Å²) in [5, 5.41) is 2.93. The molecule has 0 spiro atoms. The highest BCUT2D eigenvalue weighted by Crippen LogP contribution is 2.30. The summed E-state index contributed by atoms with van der Waals surface area (Å²) in [4.78, 5) is 11.2. The maximum atomic E-state index is 12.1. The van der Waals surface area contributed by atoms with Crippen molar-refractivity contribution in [2.45, 2.75) is 18.7 Å². The van der Waals surface area contributed by atoms with Crippen LogP contribution in [0.4, 0.5) is 13.2 Å². The van der Waals surface area contributed by atoms with Crippen molar-refractivity contribution in [1.82, 2.24) is 5.32 Å². The number of amides is 1. The molecule has 7 heteroatoms. The number of allylic oxidation sites excluding steroid dienone is 2. The Balaban J connectivity index is 2.03. The van der Waals surface area contributed by atoms with Crippen LogP contribution in [0, 0.1) is 5.92 Å². The van der Waals surface area contributed by atoms with Gasteiger partial charge in [0.05, 0.1) is 19.1 Å². The van der Waals surface area contributed by atoms with Crippen LogP contribution in [0.1, 0.15) is 6.42 Å². The van der Waals surface area contributed by atoms with Crippen molar-refractivity contribution in [2.75, 3.05) is 6.61 Å². The minimum absolute atomic E-state index is 0.289. The van der Waals surface area contributed by atoms with E-state index in [2.05, 4.69) is 5.32 Å². The second-order valence-electron chi connectivity index (χ2n) is 4.23. The van der Waals surface area contributed by atoms with E-state index in [1.165, 1.54) is 12.2 Å². The molecule has 0 radical (unpaired) electrons. The Kier molecular flexibility index (Phi) is 4.01. The number of rotatable bonds is 3. The van der Waals surface area contributed by atoms with Gasteiger partial charge in [-0.05, 0) is 12.2 Å². The van der Waals surface area contributed by atoms with Crippen molar-refractivity contribution < 1.29 is 22.7 Å². The molecule has 1 N–H and O–H groups in total. The molecule has 1 aliphatic heterocycles. The van der Waals surface area contributed by atoms with Crippen LogP contribution in [0.15, 0.2) is 35.0 Å². The zero-order valence-corrected chi connectivity index (χ0v) is 10.5. The van der Waals surface area contributed by atoms with Crippen molar-refractivity contribution in [3.8, 4) is 0 Å². The maximum absolute atomic E-state index is 12.1. The molecule has 2 aliphatic rings. The fraction of sp³-hybridized carbons (Fsp3) is 0.417. The Morgan fingerprint density at radius 3 is 2.84 bits per heavy atom. The van der Waals surface area contributed by atoms with Gasteiger partial charge in [-0.15, -0.1) is 0 Å². The molecule has 0 bridgehead atoms. The molecule has 0 saturated heterocycles. The fourth-order valence-electron chi connectivity index (χ4n) is 1.90. The van der Waals surface area contributed by atoms with Crippen LogP contribution in [-0.4, -0.2) is 24.8 Å². The van der Waals surface area contributed by atoms with E-state index in [-0.39, 0.29) is 11.8 Å². The standard InChI is InChI=1S/C12H11ClF3NO2/c13-7-5-9-8(1-2-11(18)17-9)10(6-7)19-4-3-12(14,15)16/h1-2,5-6,8,10H,3-4H2,(H,17,18). The van der Waals surface area contributed by atoms with Gasteiger partial charge in [0, 0.05) is 22.7 Å². The lowest BCUT2D eigenvalue weighted by molar-refractivity contribution is -0.148. The first-order valence-electron chi connectivity index (χ1n) is 5.61. The number of carbonyl (C=O) groups is 1. The monoisotopic (exact) mass is 293 g/mol. The molecule has 0 saturated carbocycles. The molecule has 104 valence electrons. The number of ether oxygens (including phenoxy) is 1. The smallest absolute Gasteiger partial charge is 0.373 e. The van der Waals surface area contributed by atoms with Crippen molar-refractivity contribution in [2.24, 2.45) is 5.92 Å². The second kappa shape index (κ2) is 5.38. The van der Waals surface area contributed by atoms with Crippen molar-refractivity contribution >= 4 is 17.5 Å². The number of nitrogens with one attached hydrogen (secondary N) is 1. The molecule has 0 fully saturated rings. The predicted octanol–water partition coefficient (Wildman–Crippen LogP) is 2.65. The minimum Gasteiger partial charge on any atom is -0.373 e. The highest BCUT2D eigenvalue weighted by atomic mass is 35.5. The SMILES string of the molecule is O=C1C=CC2C(=CC(Cl)=CC2OCCC(F)(F)F)N1. The summed E-state index contributed by atoms with van der Waals surface area (Å²) in [6.45, 7) is -0.444. The van der Waals surface area contributed by atoms with E-state index < -0.39 is 25.3 Å². The van der Waals surface area contributed by atoms with E-state index in [1.54, 1.807) is 12.2 Å². The van der Waals surface area contributed by atoms with Gasteiger partial charge in [0.25, 0.3) is 0 Å². The molecule has 2 unspecified atom stereocenters. The molecule has 1 aliphatic carbocycles. The highest BCUT2D eigenvalue weighted by molar-refractivity contribution is 6.31. The number of alkyl halides is 3. The number of hydrogen-bond acceptors (Lipinski definition) is 2. The van der Waals surface area contributed by atoms with Gasteiger partial charge in [0.2, 0.25) is 5.91 Å². The molecule has 19 heavy (non-hydrogen) atoms. The zero-order valence-electron chi connectivity index (χ0n) is 9.71. The van der Waals surface area contributed by atoms with Crippen molar-refractivity contribution in [3.63, 3.8) is 0 Å². The van der Waals surface area contributed by atoms with Gasteiger partial charge in [0.1, 0.15) is 0 Å². The van der Waals surface area contributed by atoms with Crippen LogP contribution < -0.4 is 5.32 Å². The lowest BCUT2D eigenvalue weighted by Gasteiger charge is -2.30. The number of hydrogen-bond donors (Lipinski definition) is 1. The van der Waals surface area contributed by atoms with Gasteiger partial charge >= 0.3 is 6.18 Å². The normalized spacial score (nSPS) is 26.4. The molecule has 0 aromatic rings. The lowest BCUT2D eigenvalue weighted by Crippen LogP contribution is -2.37. The number of fused-ring (bicyclic) bond motifs is 1. The van der Waals surface area contributed by atoms with E-state index in [0.29, 0.717) is 10.7 Å². The summed E-state index contributed by atoms with van der Waals surface area (Å²) < 4.78 is 41.4. The highest BCUT2D eigenvalue weighted by Gasteiger charge is 2.31. The second-order valence-corrected chi connectivity index (χ2v) is 4.66. The summed E-state index contributed by atoms with van der Waals surface area (Å²) in [6.07, 6.45) is 0.156. The third kappa shape index (κ3) is 3.84. The van der Waals surface area contributed by atoms with E-state index in [4.69, 9.17) is 16.3 Å². The van der Waals surface area contributed by atoms with E-state index >= 15 is 0 Å². The van der Waals surface area contributed by atoms with Gasteiger partial charge in [-0.3, -0.25) is 4.79 Å². The Morgan fingerprint density at radius 2 is 2.16 bits per heavy atom. The zero-order chi connectivity index (χ0) is 14.0. The van der Waals surface area contributed by atoms with Crippen LogP contribution in [0.2, 0.25) is 0 Å². The molecule has 0 aromatic heterocycles. The third-order valence-electron chi connectivity index (χ3n) is 2.75. The summed E-state index contributed by atoms with van der Waals surface area (Å²) in [5.41, 5.74) is 0.539. The summed E-state index contributed by atoms with van der Waals surface area (Å²) in [7, 11) is 0. The van der Waals surface area contributed by atoms with Crippen LogP contribution >= 0.6 is 11.6 Å². The Hall–Kier alpha value is -1.27. The minimum atomic E-state index is -4.25. The Bertz CT molecular complexity index is 468. The average Bonchev–Trinajstić information content (AvgIpc) is 2.26. The molecule has 1 amide bonds. The predicted molar refractivity (Wildman–Crippen MR) is 63.2 cm³/mol. The van der Waals surface area contributed by atoms with Crippen LogP contribution in [0.5, 0.6) is 0 Å². The van der Waals surface area contributed by atoms with E-state index in [9.17, 15) is 18.0 Å². The number of carbonyl (C=O) groups excluding carboxylic acids is 1. The summed E-state index contributed by atoms with van der Waals surface area (Å²) >= 11 is 5.85. The fourth-order valence-corrected chi connectivity index (χ4v) is 2.14. The first-order valence-corrected chi connectivity index (χ1v) is 5.99. The third-order valence-corrected chi connectivity index (χ3v) is 2.98. The molecule has 0 aromatic carbocycles. The Labute approximate surface area is 112 Å².